The number of nitrogens with one attached hydrogen (secondary N) is 1. The zero-order chi connectivity index (χ0) is 13.8. The maximum absolute atomic E-state index is 12.7. The molecule has 19 heavy (non-hydrogen) atoms. The number of fused-ring (bicyclic) bond motifs is 1. The van der Waals surface area contributed by atoms with Crippen LogP contribution in [0.4, 0.5) is 0 Å². The summed E-state index contributed by atoms with van der Waals surface area (Å²) in [6.07, 6.45) is 5.77. The van der Waals surface area contributed by atoms with Gasteiger partial charge >= 0.3 is 0 Å². The molecular weight excluding hydrogens is 258 g/mol. The van der Waals surface area contributed by atoms with E-state index in [9.17, 15) is 4.79 Å². The average Bonchev–Trinajstić information content (AvgIpc) is 2.83. The predicted molar refractivity (Wildman–Crippen MR) is 80.9 cm³/mol. The highest BCUT2D eigenvalue weighted by Crippen LogP contribution is 2.30. The lowest BCUT2D eigenvalue weighted by Gasteiger charge is -2.13. The minimum Gasteiger partial charge on any atom is -0.360 e. The Kier molecular flexibility index (Phi) is 4.65. The van der Waals surface area contributed by atoms with E-state index in [0.717, 1.165) is 42.1 Å². The van der Waals surface area contributed by atoms with Crippen LogP contribution in [-0.2, 0) is 0 Å². The van der Waals surface area contributed by atoms with E-state index in [1.165, 1.54) is 0 Å². The molecular formula is C16H20ClNO. The van der Waals surface area contributed by atoms with Crippen LogP contribution in [0.1, 0.15) is 49.9 Å². The van der Waals surface area contributed by atoms with Gasteiger partial charge in [-0.1, -0.05) is 44.4 Å². The summed E-state index contributed by atoms with van der Waals surface area (Å²) in [5.74, 6) is 0.341. The number of Topliss-reactive ketones (excluding diaryl/α,β-unsaturated/α-hetero) is 1. The predicted octanol–water partition coefficient (Wildman–Crippen LogP) is 5.22. The van der Waals surface area contributed by atoms with Crippen LogP contribution in [-0.4, -0.2) is 10.8 Å². The third-order valence-corrected chi connectivity index (χ3v) is 3.88. The lowest BCUT2D eigenvalue weighted by atomic mass is 9.89. The Hall–Kier alpha value is -1.28. The summed E-state index contributed by atoms with van der Waals surface area (Å²) in [7, 11) is 0. The minimum atomic E-state index is 0.116. The second-order valence-corrected chi connectivity index (χ2v) is 5.41. The molecule has 1 heterocycles. The Bertz CT molecular complexity index is 567. The number of aromatic amines is 1. The number of carbonyl (C=O) groups is 1. The number of hydrogen-bond acceptors (Lipinski definition) is 1. The molecule has 0 saturated carbocycles. The maximum atomic E-state index is 12.7. The summed E-state index contributed by atoms with van der Waals surface area (Å²) in [5, 5.41) is 1.51. The van der Waals surface area contributed by atoms with Crippen LogP contribution in [0.15, 0.2) is 24.4 Å². The van der Waals surface area contributed by atoms with Crippen molar-refractivity contribution in [1.82, 2.24) is 4.98 Å². The van der Waals surface area contributed by atoms with Gasteiger partial charge in [-0.25, -0.2) is 0 Å². The van der Waals surface area contributed by atoms with Crippen molar-refractivity contribution in [2.45, 2.75) is 39.5 Å². The van der Waals surface area contributed by atoms with Crippen LogP contribution in [0, 0.1) is 5.92 Å². The highest BCUT2D eigenvalue weighted by Gasteiger charge is 2.22. The van der Waals surface area contributed by atoms with Crippen LogP contribution in [0.25, 0.3) is 10.9 Å². The van der Waals surface area contributed by atoms with E-state index >= 15 is 0 Å². The first-order valence-electron chi connectivity index (χ1n) is 6.98. The van der Waals surface area contributed by atoms with E-state index in [-0.39, 0.29) is 11.7 Å². The third-order valence-electron chi connectivity index (χ3n) is 3.57. The van der Waals surface area contributed by atoms with Crippen molar-refractivity contribution in [3.63, 3.8) is 0 Å². The van der Waals surface area contributed by atoms with Crippen molar-refractivity contribution in [3.8, 4) is 0 Å². The van der Waals surface area contributed by atoms with Crippen molar-refractivity contribution in [1.29, 1.82) is 0 Å². The molecule has 3 heteroatoms. The van der Waals surface area contributed by atoms with Gasteiger partial charge in [0.05, 0.1) is 5.02 Å². The van der Waals surface area contributed by atoms with Gasteiger partial charge in [0.2, 0.25) is 0 Å². The Balaban J connectivity index is 2.40. The molecule has 0 aliphatic heterocycles. The number of halogens is 1. The highest BCUT2D eigenvalue weighted by molar-refractivity contribution is 6.36. The summed E-state index contributed by atoms with van der Waals surface area (Å²) in [6.45, 7) is 4.25. The summed E-state index contributed by atoms with van der Waals surface area (Å²) in [6, 6.07) is 5.68. The third kappa shape index (κ3) is 2.84. The van der Waals surface area contributed by atoms with E-state index in [1.54, 1.807) is 6.20 Å². The molecule has 1 aromatic carbocycles. The standard InChI is InChI=1S/C16H20ClNO/c1-3-6-11(7-4-2)16(19)12-10-18-14-9-5-8-13(17)15(12)14/h5,8-11,18H,3-4,6-7H2,1-2H3. The normalized spacial score (nSPS) is 11.4. The summed E-state index contributed by atoms with van der Waals surface area (Å²) >= 11 is 6.23. The molecule has 0 bridgehead atoms. The van der Waals surface area contributed by atoms with Crippen molar-refractivity contribution in [3.05, 3.63) is 35.0 Å². The van der Waals surface area contributed by atoms with Crippen LogP contribution >= 0.6 is 11.6 Å². The molecule has 0 aliphatic rings. The van der Waals surface area contributed by atoms with Gasteiger partial charge < -0.3 is 4.98 Å². The van der Waals surface area contributed by atoms with E-state index < -0.39 is 0 Å². The molecule has 2 aromatic rings. The SMILES string of the molecule is CCCC(CCC)C(=O)c1c[nH]c2cccc(Cl)c12. The van der Waals surface area contributed by atoms with Gasteiger partial charge in [0.1, 0.15) is 0 Å². The maximum Gasteiger partial charge on any atom is 0.168 e. The van der Waals surface area contributed by atoms with Crippen molar-refractivity contribution in [2.75, 3.05) is 0 Å². The molecule has 1 aromatic heterocycles. The molecule has 0 unspecified atom stereocenters. The zero-order valence-electron chi connectivity index (χ0n) is 11.5. The molecule has 0 amide bonds. The summed E-state index contributed by atoms with van der Waals surface area (Å²) in [5.41, 5.74) is 1.68. The fourth-order valence-electron chi connectivity index (χ4n) is 2.66. The zero-order valence-corrected chi connectivity index (χ0v) is 12.3. The second kappa shape index (κ2) is 6.25. The molecule has 0 fully saturated rings. The number of carbonyl (C=O) groups excluding carboxylic acids is 1. The summed E-state index contributed by atoms with van der Waals surface area (Å²) < 4.78 is 0. The van der Waals surface area contributed by atoms with Gasteiger partial charge in [0.15, 0.2) is 5.78 Å². The van der Waals surface area contributed by atoms with Gasteiger partial charge in [-0.15, -0.1) is 0 Å². The molecule has 0 saturated heterocycles. The largest absolute Gasteiger partial charge is 0.360 e. The molecule has 0 radical (unpaired) electrons. The van der Waals surface area contributed by atoms with Crippen molar-refractivity contribution < 1.29 is 4.79 Å². The Morgan fingerprint density at radius 1 is 1.26 bits per heavy atom. The molecule has 1 N–H and O–H groups in total. The molecule has 0 aliphatic carbocycles. The number of H-pyrrole nitrogens is 1. The van der Waals surface area contributed by atoms with E-state index in [4.69, 9.17) is 11.6 Å². The Labute approximate surface area is 119 Å². The quantitative estimate of drug-likeness (QED) is 0.721. The van der Waals surface area contributed by atoms with E-state index in [2.05, 4.69) is 18.8 Å². The second-order valence-electron chi connectivity index (χ2n) is 5.00. The van der Waals surface area contributed by atoms with Gasteiger partial charge in [0.25, 0.3) is 0 Å². The van der Waals surface area contributed by atoms with Crippen molar-refractivity contribution in [2.24, 2.45) is 5.92 Å². The lowest BCUT2D eigenvalue weighted by Crippen LogP contribution is -2.14. The first-order valence-corrected chi connectivity index (χ1v) is 7.36. The molecule has 102 valence electrons. The Morgan fingerprint density at radius 2 is 1.95 bits per heavy atom. The average molecular weight is 278 g/mol. The molecule has 0 spiro atoms. The topological polar surface area (TPSA) is 32.9 Å². The molecule has 2 nitrogen and oxygen atoms in total. The van der Waals surface area contributed by atoms with Gasteiger partial charge in [0, 0.05) is 28.6 Å². The minimum absolute atomic E-state index is 0.116. The number of benzene rings is 1. The lowest BCUT2D eigenvalue weighted by molar-refractivity contribution is 0.0906. The van der Waals surface area contributed by atoms with Crippen molar-refractivity contribution >= 4 is 28.3 Å². The fraction of sp³-hybridized carbons (Fsp3) is 0.438. The number of hydrogen-bond donors (Lipinski definition) is 1. The van der Waals surface area contributed by atoms with Crippen LogP contribution in [0.2, 0.25) is 5.02 Å². The van der Waals surface area contributed by atoms with Gasteiger partial charge in [-0.3, -0.25) is 4.79 Å². The number of ketones is 1. The van der Waals surface area contributed by atoms with Gasteiger partial charge in [-0.2, -0.15) is 0 Å². The monoisotopic (exact) mass is 277 g/mol. The van der Waals surface area contributed by atoms with Crippen LogP contribution in [0.5, 0.6) is 0 Å². The highest BCUT2D eigenvalue weighted by atomic mass is 35.5. The van der Waals surface area contributed by atoms with Gasteiger partial charge in [-0.05, 0) is 25.0 Å². The smallest absolute Gasteiger partial charge is 0.168 e. The number of aromatic nitrogens is 1. The van der Waals surface area contributed by atoms with E-state index in [0.29, 0.717) is 5.02 Å². The first-order chi connectivity index (χ1) is 9.19. The van der Waals surface area contributed by atoms with Crippen LogP contribution in [0.3, 0.4) is 0 Å². The summed E-state index contributed by atoms with van der Waals surface area (Å²) in [4.78, 5) is 15.8. The van der Waals surface area contributed by atoms with Crippen LogP contribution < -0.4 is 0 Å². The molecule has 2 rings (SSSR count). The Morgan fingerprint density at radius 3 is 2.58 bits per heavy atom. The molecule has 0 atom stereocenters. The van der Waals surface area contributed by atoms with E-state index in [1.807, 2.05) is 18.2 Å². The fourth-order valence-corrected chi connectivity index (χ4v) is 2.93. The number of rotatable bonds is 6. The first kappa shape index (κ1) is 14.1.